The maximum absolute atomic E-state index is 13.6. The highest BCUT2D eigenvalue weighted by Crippen LogP contribution is 2.29. The van der Waals surface area contributed by atoms with Crippen LogP contribution in [0.5, 0.6) is 0 Å². The molecule has 2 aromatic heterocycles. The molecule has 4 N–H and O–H groups in total. The second-order valence-corrected chi connectivity index (χ2v) is 13.2. The SMILES string of the molecule is CC(Sc1cccc(NC(=O)/C(=C/c2c[nH]c3ccccc23)NC(=O)c2ccccc2)c1)C(=O)Nc1nc(-c2ccc(Cl)cc2)cs1. The third-order valence-electron chi connectivity index (χ3n) is 7.10. The lowest BCUT2D eigenvalue weighted by molar-refractivity contribution is -0.115. The number of carbonyl (C=O) groups excluding carboxylic acids is 3. The number of nitrogens with zero attached hydrogens (tertiary/aromatic N) is 1. The minimum atomic E-state index is -0.493. The van der Waals surface area contributed by atoms with Crippen LogP contribution in [-0.4, -0.2) is 32.9 Å². The molecule has 3 amide bonds. The molecule has 0 bridgehead atoms. The number of carbonyl (C=O) groups is 3. The van der Waals surface area contributed by atoms with E-state index < -0.39 is 17.1 Å². The molecule has 8 nitrogen and oxygen atoms in total. The molecular weight excluding hydrogens is 650 g/mol. The number of fused-ring (bicyclic) bond motifs is 1. The van der Waals surface area contributed by atoms with Crippen molar-refractivity contribution in [3.8, 4) is 11.3 Å². The number of aromatic amines is 1. The van der Waals surface area contributed by atoms with E-state index in [-0.39, 0.29) is 11.6 Å². The molecule has 0 saturated heterocycles. The van der Waals surface area contributed by atoms with Gasteiger partial charge in [0.25, 0.3) is 11.8 Å². The molecule has 11 heteroatoms. The Balaban J connectivity index is 1.14. The molecule has 234 valence electrons. The monoisotopic (exact) mass is 677 g/mol. The van der Waals surface area contributed by atoms with Crippen LogP contribution in [0.2, 0.25) is 5.02 Å². The van der Waals surface area contributed by atoms with Crippen LogP contribution in [0.4, 0.5) is 10.8 Å². The number of halogens is 1. The lowest BCUT2D eigenvalue weighted by Gasteiger charge is -2.13. The number of aromatic nitrogens is 2. The van der Waals surface area contributed by atoms with Gasteiger partial charge >= 0.3 is 0 Å². The van der Waals surface area contributed by atoms with Gasteiger partial charge < -0.3 is 20.9 Å². The molecule has 0 fully saturated rings. The molecule has 2 heterocycles. The number of thiazole rings is 1. The summed E-state index contributed by atoms with van der Waals surface area (Å²) in [5.41, 5.74) is 4.34. The Morgan fingerprint density at radius 3 is 2.49 bits per heavy atom. The molecule has 0 aliphatic carbocycles. The molecule has 0 aliphatic heterocycles. The smallest absolute Gasteiger partial charge is 0.272 e. The second-order valence-electron chi connectivity index (χ2n) is 10.4. The number of amides is 3. The highest BCUT2D eigenvalue weighted by Gasteiger charge is 2.19. The topological polar surface area (TPSA) is 116 Å². The van der Waals surface area contributed by atoms with Crippen LogP contribution in [0, 0.1) is 0 Å². The van der Waals surface area contributed by atoms with E-state index in [0.29, 0.717) is 21.4 Å². The van der Waals surface area contributed by atoms with E-state index in [1.807, 2.05) is 53.9 Å². The van der Waals surface area contributed by atoms with Gasteiger partial charge in [0.05, 0.1) is 10.9 Å². The van der Waals surface area contributed by atoms with Crippen molar-refractivity contribution in [2.45, 2.75) is 17.1 Å². The third kappa shape index (κ3) is 7.98. The summed E-state index contributed by atoms with van der Waals surface area (Å²) in [6, 6.07) is 31.0. The number of hydrogen-bond donors (Lipinski definition) is 4. The van der Waals surface area contributed by atoms with Crippen molar-refractivity contribution in [1.82, 2.24) is 15.3 Å². The van der Waals surface area contributed by atoms with Gasteiger partial charge in [0.2, 0.25) is 5.91 Å². The van der Waals surface area contributed by atoms with E-state index in [0.717, 1.165) is 32.6 Å². The number of rotatable bonds is 10. The number of benzene rings is 4. The van der Waals surface area contributed by atoms with Gasteiger partial charge in [-0.15, -0.1) is 23.1 Å². The van der Waals surface area contributed by atoms with Crippen molar-refractivity contribution in [1.29, 1.82) is 0 Å². The van der Waals surface area contributed by atoms with Crippen LogP contribution >= 0.6 is 34.7 Å². The van der Waals surface area contributed by atoms with Gasteiger partial charge in [-0.1, -0.05) is 66.2 Å². The molecule has 47 heavy (non-hydrogen) atoms. The number of para-hydroxylation sites is 1. The van der Waals surface area contributed by atoms with Gasteiger partial charge in [-0.25, -0.2) is 4.98 Å². The molecule has 0 radical (unpaired) electrons. The van der Waals surface area contributed by atoms with Gasteiger partial charge in [-0.3, -0.25) is 14.4 Å². The van der Waals surface area contributed by atoms with E-state index in [1.165, 1.54) is 23.1 Å². The van der Waals surface area contributed by atoms with Crippen molar-refractivity contribution in [2.75, 3.05) is 10.6 Å². The summed E-state index contributed by atoms with van der Waals surface area (Å²) in [6.07, 6.45) is 3.44. The van der Waals surface area contributed by atoms with E-state index in [2.05, 4.69) is 25.9 Å². The first-order chi connectivity index (χ1) is 22.8. The molecule has 0 saturated carbocycles. The van der Waals surface area contributed by atoms with Crippen LogP contribution in [-0.2, 0) is 9.59 Å². The Labute approximate surface area is 284 Å². The lowest BCUT2D eigenvalue weighted by Crippen LogP contribution is -2.30. The zero-order valence-corrected chi connectivity index (χ0v) is 27.4. The highest BCUT2D eigenvalue weighted by atomic mass is 35.5. The first-order valence-electron chi connectivity index (χ1n) is 14.6. The van der Waals surface area contributed by atoms with E-state index in [1.54, 1.807) is 73.8 Å². The van der Waals surface area contributed by atoms with Crippen LogP contribution < -0.4 is 16.0 Å². The zero-order chi connectivity index (χ0) is 32.8. The average Bonchev–Trinajstić information content (AvgIpc) is 3.72. The summed E-state index contributed by atoms with van der Waals surface area (Å²) in [4.78, 5) is 48.2. The fourth-order valence-corrected chi connectivity index (χ4v) is 6.48. The minimum absolute atomic E-state index is 0.0795. The Morgan fingerprint density at radius 2 is 1.68 bits per heavy atom. The lowest BCUT2D eigenvalue weighted by atomic mass is 10.1. The van der Waals surface area contributed by atoms with Crippen LogP contribution in [0.3, 0.4) is 0 Å². The largest absolute Gasteiger partial charge is 0.361 e. The fraction of sp³-hybridized carbons (Fsp3) is 0.0556. The molecular formula is C36H28ClN5O3S2. The molecule has 0 spiro atoms. The average molecular weight is 678 g/mol. The summed E-state index contributed by atoms with van der Waals surface area (Å²) in [7, 11) is 0. The maximum Gasteiger partial charge on any atom is 0.272 e. The zero-order valence-electron chi connectivity index (χ0n) is 25.0. The maximum atomic E-state index is 13.6. The van der Waals surface area contributed by atoms with Crippen molar-refractivity contribution in [2.24, 2.45) is 0 Å². The second kappa shape index (κ2) is 14.5. The molecule has 6 aromatic rings. The summed E-state index contributed by atoms with van der Waals surface area (Å²) in [5, 5.41) is 12.1. The van der Waals surface area contributed by atoms with Crippen LogP contribution in [0.1, 0.15) is 22.8 Å². The number of hydrogen-bond acceptors (Lipinski definition) is 6. The normalized spacial score (nSPS) is 12.0. The van der Waals surface area contributed by atoms with Crippen molar-refractivity contribution < 1.29 is 14.4 Å². The van der Waals surface area contributed by atoms with Gasteiger partial charge in [-0.2, -0.15) is 0 Å². The Kier molecular flexibility index (Phi) is 9.82. The van der Waals surface area contributed by atoms with Gasteiger partial charge in [0.1, 0.15) is 5.70 Å². The van der Waals surface area contributed by atoms with E-state index >= 15 is 0 Å². The van der Waals surface area contributed by atoms with Crippen LogP contribution in [0.15, 0.2) is 125 Å². The Morgan fingerprint density at radius 1 is 0.915 bits per heavy atom. The standard InChI is InChI=1S/C36H28ClN5O3S2/c1-22(33(43)42-36-41-32(21-46-36)23-14-16-26(37)17-15-23)47-28-11-7-10-27(19-28)39-35(45)31(40-34(44)24-8-3-2-4-9-24)18-25-20-38-30-13-6-5-12-29(25)30/h2-22,38H,1H3,(H,39,45)(H,40,44)(H,41,42,43)/b31-18-. The van der Waals surface area contributed by atoms with Crippen molar-refractivity contribution >= 4 is 80.2 Å². The van der Waals surface area contributed by atoms with Gasteiger partial charge in [0.15, 0.2) is 5.13 Å². The van der Waals surface area contributed by atoms with Crippen molar-refractivity contribution in [3.63, 3.8) is 0 Å². The molecule has 1 atom stereocenters. The predicted octanol–water partition coefficient (Wildman–Crippen LogP) is 8.47. The molecule has 6 rings (SSSR count). The summed E-state index contributed by atoms with van der Waals surface area (Å²) in [5.74, 6) is -1.10. The first kappa shape index (κ1) is 31.8. The summed E-state index contributed by atoms with van der Waals surface area (Å²) in [6.45, 7) is 1.81. The number of anilines is 2. The minimum Gasteiger partial charge on any atom is -0.361 e. The quantitative estimate of drug-likeness (QED) is 0.0858. The Bertz CT molecular complexity index is 2090. The van der Waals surface area contributed by atoms with E-state index in [4.69, 9.17) is 11.6 Å². The molecule has 4 aromatic carbocycles. The van der Waals surface area contributed by atoms with Gasteiger partial charge in [0, 0.05) is 54.8 Å². The number of nitrogens with one attached hydrogen (secondary N) is 4. The van der Waals surface area contributed by atoms with Gasteiger partial charge in [-0.05, 0) is 61.5 Å². The molecule has 0 aliphatic rings. The molecule has 1 unspecified atom stereocenters. The number of thioether (sulfide) groups is 1. The summed E-state index contributed by atoms with van der Waals surface area (Å²) < 4.78 is 0. The van der Waals surface area contributed by atoms with Crippen molar-refractivity contribution in [3.05, 3.63) is 137 Å². The Hall–Kier alpha value is -5.16. The first-order valence-corrected chi connectivity index (χ1v) is 16.7. The highest BCUT2D eigenvalue weighted by molar-refractivity contribution is 8.00. The number of H-pyrrole nitrogens is 1. The van der Waals surface area contributed by atoms with E-state index in [9.17, 15) is 14.4 Å². The predicted molar refractivity (Wildman–Crippen MR) is 192 cm³/mol. The van der Waals surface area contributed by atoms with Crippen LogP contribution in [0.25, 0.3) is 28.2 Å². The third-order valence-corrected chi connectivity index (χ3v) is 9.20. The fourth-order valence-electron chi connectivity index (χ4n) is 4.71. The summed E-state index contributed by atoms with van der Waals surface area (Å²) >= 11 is 8.68.